The molecule has 4 rings (SSSR count). The summed E-state index contributed by atoms with van der Waals surface area (Å²) in [6.07, 6.45) is 0.643. The number of anilines is 1. The van der Waals surface area contributed by atoms with Crippen LogP contribution in [0.5, 0.6) is 0 Å². The maximum absolute atomic E-state index is 15.5. The molecule has 1 atom stereocenters. The van der Waals surface area contributed by atoms with Gasteiger partial charge in [-0.25, -0.2) is 22.8 Å². The Kier molecular flexibility index (Phi) is 7.63. The fraction of sp³-hybridized carbons (Fsp3) is 0.393. The molecule has 3 aromatic rings. The van der Waals surface area contributed by atoms with Gasteiger partial charge in [-0.15, -0.1) is 0 Å². The van der Waals surface area contributed by atoms with E-state index in [1.54, 1.807) is 37.5 Å². The molecule has 1 aliphatic rings. The Morgan fingerprint density at radius 1 is 1.03 bits per heavy atom. The summed E-state index contributed by atoms with van der Waals surface area (Å²) in [4.78, 5) is 41.6. The van der Waals surface area contributed by atoms with Gasteiger partial charge in [-0.1, -0.05) is 0 Å². The number of halogens is 3. The van der Waals surface area contributed by atoms with Crippen molar-refractivity contribution in [1.29, 1.82) is 0 Å². The highest BCUT2D eigenvalue weighted by Crippen LogP contribution is 2.30. The van der Waals surface area contributed by atoms with Crippen LogP contribution in [0.2, 0.25) is 0 Å². The largest absolute Gasteiger partial charge is 0.462 e. The fourth-order valence-corrected chi connectivity index (χ4v) is 4.58. The molecule has 1 amide bonds. The van der Waals surface area contributed by atoms with Crippen molar-refractivity contribution >= 4 is 28.7 Å². The summed E-state index contributed by atoms with van der Waals surface area (Å²) in [5.41, 5.74) is -1.78. The number of ether oxygens (including phenoxy) is 2. The molecule has 39 heavy (non-hydrogen) atoms. The second-order valence-corrected chi connectivity index (χ2v) is 10.3. The molecular weight excluding hydrogens is 515 g/mol. The van der Waals surface area contributed by atoms with Gasteiger partial charge in [0.05, 0.1) is 23.5 Å². The number of aromatic nitrogens is 1. The number of rotatable bonds is 4. The number of pyridine rings is 1. The minimum atomic E-state index is -0.947. The number of nitrogens with zero attached hydrogens (tertiary/aromatic N) is 3. The Balaban J connectivity index is 1.81. The number of fused-ring (bicyclic) bond motifs is 1. The SMILES string of the molecule is CCOC(=O)c1cn(-c2ccc(F)cc2F)c2cc(N3CCN(C(=O)OC(C)(C)C)C(C)C3)c(F)cc2c1=O. The molecule has 2 aromatic carbocycles. The van der Waals surface area contributed by atoms with Gasteiger partial charge in [0.1, 0.15) is 28.6 Å². The molecule has 0 spiro atoms. The number of carbonyl (C=O) groups is 2. The van der Waals surface area contributed by atoms with Crippen molar-refractivity contribution in [3.63, 3.8) is 0 Å². The Hall–Kier alpha value is -4.02. The molecule has 0 bridgehead atoms. The zero-order valence-corrected chi connectivity index (χ0v) is 22.4. The van der Waals surface area contributed by atoms with Crippen LogP contribution in [0.1, 0.15) is 45.0 Å². The van der Waals surface area contributed by atoms with E-state index < -0.39 is 46.1 Å². The van der Waals surface area contributed by atoms with E-state index in [-0.39, 0.29) is 54.6 Å². The van der Waals surface area contributed by atoms with E-state index >= 15 is 4.39 Å². The third-order valence-corrected chi connectivity index (χ3v) is 6.33. The van der Waals surface area contributed by atoms with Crippen LogP contribution < -0.4 is 10.3 Å². The van der Waals surface area contributed by atoms with Crippen LogP contribution in [-0.2, 0) is 9.47 Å². The molecule has 11 heteroatoms. The summed E-state index contributed by atoms with van der Waals surface area (Å²) < 4.78 is 55.7. The number of carbonyl (C=O) groups excluding carboxylic acids is 2. The molecule has 1 aromatic heterocycles. The van der Waals surface area contributed by atoms with Crippen LogP contribution in [0.3, 0.4) is 0 Å². The molecule has 1 saturated heterocycles. The predicted molar refractivity (Wildman–Crippen MR) is 140 cm³/mol. The van der Waals surface area contributed by atoms with Crippen LogP contribution in [0, 0.1) is 17.5 Å². The van der Waals surface area contributed by atoms with Gasteiger partial charge in [-0.3, -0.25) is 4.79 Å². The van der Waals surface area contributed by atoms with Crippen molar-refractivity contribution in [2.24, 2.45) is 0 Å². The molecule has 0 saturated carbocycles. The first kappa shape index (κ1) is 28.0. The standard InChI is InChI=1S/C28H30F3N3O5/c1-6-38-26(36)19-15-34(22-8-7-17(29)11-20(22)30)23-13-24(21(31)12-18(23)25(19)35)32-9-10-33(16(2)14-32)27(37)39-28(3,4)5/h7-8,11-13,15-16H,6,9-10,14H2,1-5H3. The average Bonchev–Trinajstić information content (AvgIpc) is 2.83. The molecule has 8 nitrogen and oxygen atoms in total. The first-order valence-corrected chi connectivity index (χ1v) is 12.6. The zero-order chi connectivity index (χ0) is 28.6. The van der Waals surface area contributed by atoms with Gasteiger partial charge in [-0.2, -0.15) is 0 Å². The van der Waals surface area contributed by atoms with Gasteiger partial charge in [0, 0.05) is 43.3 Å². The molecule has 0 aliphatic carbocycles. The molecule has 0 N–H and O–H groups in total. The van der Waals surface area contributed by atoms with Crippen molar-refractivity contribution in [2.45, 2.75) is 46.3 Å². The van der Waals surface area contributed by atoms with Gasteiger partial charge in [0.25, 0.3) is 0 Å². The maximum atomic E-state index is 15.5. The van der Waals surface area contributed by atoms with E-state index in [4.69, 9.17) is 9.47 Å². The second-order valence-electron chi connectivity index (χ2n) is 10.3. The average molecular weight is 546 g/mol. The lowest BCUT2D eigenvalue weighted by Gasteiger charge is -2.41. The minimum absolute atomic E-state index is 0.0119. The van der Waals surface area contributed by atoms with E-state index in [2.05, 4.69) is 0 Å². The van der Waals surface area contributed by atoms with E-state index in [0.717, 1.165) is 24.4 Å². The summed E-state index contributed by atoms with van der Waals surface area (Å²) in [6.45, 7) is 9.46. The highest BCUT2D eigenvalue weighted by Gasteiger charge is 2.32. The van der Waals surface area contributed by atoms with E-state index in [9.17, 15) is 23.2 Å². The Labute approximate surface area is 223 Å². The third-order valence-electron chi connectivity index (χ3n) is 6.33. The molecule has 1 aliphatic heterocycles. The number of piperazine rings is 1. The lowest BCUT2D eigenvalue weighted by Crippen LogP contribution is -2.55. The Bertz CT molecular complexity index is 1500. The maximum Gasteiger partial charge on any atom is 0.410 e. The summed E-state index contributed by atoms with van der Waals surface area (Å²) in [5.74, 6) is -3.43. The lowest BCUT2D eigenvalue weighted by atomic mass is 10.1. The van der Waals surface area contributed by atoms with Gasteiger partial charge >= 0.3 is 12.1 Å². The van der Waals surface area contributed by atoms with E-state index in [1.165, 1.54) is 10.6 Å². The van der Waals surface area contributed by atoms with Crippen LogP contribution >= 0.6 is 0 Å². The van der Waals surface area contributed by atoms with Gasteiger partial charge < -0.3 is 23.8 Å². The Morgan fingerprint density at radius 3 is 2.33 bits per heavy atom. The van der Waals surface area contributed by atoms with Crippen LogP contribution in [0.15, 0.2) is 41.3 Å². The molecule has 0 radical (unpaired) electrons. The first-order valence-electron chi connectivity index (χ1n) is 12.6. The van der Waals surface area contributed by atoms with Crippen molar-refractivity contribution in [1.82, 2.24) is 9.47 Å². The van der Waals surface area contributed by atoms with E-state index in [0.29, 0.717) is 6.07 Å². The van der Waals surface area contributed by atoms with Crippen LogP contribution in [0.4, 0.5) is 23.7 Å². The van der Waals surface area contributed by atoms with Crippen molar-refractivity contribution in [2.75, 3.05) is 31.1 Å². The number of esters is 1. The fourth-order valence-electron chi connectivity index (χ4n) is 4.58. The highest BCUT2D eigenvalue weighted by atomic mass is 19.1. The monoisotopic (exact) mass is 545 g/mol. The van der Waals surface area contributed by atoms with Crippen molar-refractivity contribution in [3.05, 3.63) is 69.8 Å². The molecule has 208 valence electrons. The van der Waals surface area contributed by atoms with Crippen LogP contribution in [-0.4, -0.2) is 59.4 Å². The summed E-state index contributed by atoms with van der Waals surface area (Å²) in [7, 11) is 0. The first-order chi connectivity index (χ1) is 18.3. The number of benzene rings is 2. The van der Waals surface area contributed by atoms with Gasteiger partial charge in [0.2, 0.25) is 5.43 Å². The second kappa shape index (κ2) is 10.6. The third kappa shape index (κ3) is 5.71. The normalized spacial score (nSPS) is 15.9. The summed E-state index contributed by atoms with van der Waals surface area (Å²) in [6, 6.07) is 4.93. The highest BCUT2D eigenvalue weighted by molar-refractivity contribution is 5.95. The van der Waals surface area contributed by atoms with Gasteiger partial charge in [-0.05, 0) is 58.9 Å². The van der Waals surface area contributed by atoms with Crippen molar-refractivity contribution in [3.8, 4) is 5.69 Å². The Morgan fingerprint density at radius 2 is 1.72 bits per heavy atom. The quantitative estimate of drug-likeness (QED) is 0.428. The smallest absolute Gasteiger partial charge is 0.410 e. The summed E-state index contributed by atoms with van der Waals surface area (Å²) in [5, 5.41) is -0.175. The topological polar surface area (TPSA) is 81.1 Å². The number of hydrogen-bond donors (Lipinski definition) is 0. The molecule has 1 fully saturated rings. The van der Waals surface area contributed by atoms with Crippen LogP contribution in [0.25, 0.3) is 16.6 Å². The molecule has 1 unspecified atom stereocenters. The zero-order valence-electron chi connectivity index (χ0n) is 22.4. The molecular formula is C28H30F3N3O5. The molecule has 2 heterocycles. The number of hydrogen-bond acceptors (Lipinski definition) is 6. The van der Waals surface area contributed by atoms with Gasteiger partial charge in [0.15, 0.2) is 0 Å². The minimum Gasteiger partial charge on any atom is -0.462 e. The predicted octanol–water partition coefficient (Wildman–Crippen LogP) is 5.03. The lowest BCUT2D eigenvalue weighted by molar-refractivity contribution is 0.0158. The van der Waals surface area contributed by atoms with Crippen molar-refractivity contribution < 1.29 is 32.2 Å². The van der Waals surface area contributed by atoms with E-state index in [1.807, 2.05) is 6.92 Å². The number of amides is 1. The summed E-state index contributed by atoms with van der Waals surface area (Å²) >= 11 is 0.